The molecular formula is C32H31NO3S. The van der Waals surface area contributed by atoms with Gasteiger partial charge in [-0.2, -0.15) is 0 Å². The van der Waals surface area contributed by atoms with Gasteiger partial charge in [0.2, 0.25) is 5.91 Å². The number of amides is 1. The second-order valence-electron chi connectivity index (χ2n) is 10.1. The van der Waals surface area contributed by atoms with Crippen molar-refractivity contribution in [1.82, 2.24) is 0 Å². The van der Waals surface area contributed by atoms with Crippen LogP contribution in [0.3, 0.4) is 0 Å². The monoisotopic (exact) mass is 509 g/mol. The van der Waals surface area contributed by atoms with Gasteiger partial charge in [0, 0.05) is 27.6 Å². The first-order valence-electron chi connectivity index (χ1n) is 12.6. The number of primary amides is 1. The summed E-state index contributed by atoms with van der Waals surface area (Å²) in [6, 6.07) is 20.7. The molecule has 1 aliphatic rings. The van der Waals surface area contributed by atoms with Crippen LogP contribution in [0.5, 0.6) is 11.5 Å². The van der Waals surface area contributed by atoms with Crippen molar-refractivity contribution in [1.29, 1.82) is 0 Å². The van der Waals surface area contributed by atoms with Crippen LogP contribution >= 0.6 is 11.3 Å². The molecule has 0 bridgehead atoms. The van der Waals surface area contributed by atoms with Gasteiger partial charge in [0.25, 0.3) is 0 Å². The van der Waals surface area contributed by atoms with Crippen LogP contribution in [0.25, 0.3) is 21.2 Å². The van der Waals surface area contributed by atoms with Crippen LogP contribution in [-0.2, 0) is 17.8 Å². The fraction of sp³-hybridized carbons (Fsp3) is 0.281. The molecule has 1 aliphatic heterocycles. The third kappa shape index (κ3) is 5.50. The van der Waals surface area contributed by atoms with Crippen LogP contribution in [0.2, 0.25) is 0 Å². The summed E-state index contributed by atoms with van der Waals surface area (Å²) in [7, 11) is 0. The molecule has 5 rings (SSSR count). The van der Waals surface area contributed by atoms with E-state index in [1.165, 1.54) is 26.8 Å². The Morgan fingerprint density at radius 2 is 1.95 bits per heavy atom. The van der Waals surface area contributed by atoms with E-state index in [1.54, 1.807) is 18.3 Å². The first-order chi connectivity index (χ1) is 17.8. The highest BCUT2D eigenvalue weighted by Crippen LogP contribution is 2.42. The maximum atomic E-state index is 11.4. The Morgan fingerprint density at radius 1 is 1.14 bits per heavy atom. The van der Waals surface area contributed by atoms with Gasteiger partial charge in [-0.05, 0) is 86.0 Å². The van der Waals surface area contributed by atoms with Crippen LogP contribution in [0, 0.1) is 11.8 Å². The Hall–Kier alpha value is -3.75. The van der Waals surface area contributed by atoms with Crippen molar-refractivity contribution in [2.75, 3.05) is 0 Å². The lowest BCUT2D eigenvalue weighted by Gasteiger charge is -2.33. The summed E-state index contributed by atoms with van der Waals surface area (Å²) in [5.41, 5.74) is 11.1. The second-order valence-corrected chi connectivity index (χ2v) is 11.0. The molecule has 0 unspecified atom stereocenters. The highest BCUT2D eigenvalue weighted by Gasteiger charge is 2.28. The summed E-state index contributed by atoms with van der Waals surface area (Å²) in [4.78, 5) is 11.4. The van der Waals surface area contributed by atoms with Gasteiger partial charge in [-0.3, -0.25) is 4.79 Å². The number of benzene rings is 3. The molecule has 1 amide bonds. The van der Waals surface area contributed by atoms with Crippen molar-refractivity contribution < 1.29 is 14.3 Å². The topological polar surface area (TPSA) is 61.6 Å². The molecule has 0 spiro atoms. The SMILES string of the molecule is CC#C[C@@H](CC(N)=O)c1ccc(OCc2ccc3scc(-c4cccc5c4CCC(C)(C)O5)c3c2)cc1. The second kappa shape index (κ2) is 10.3. The largest absolute Gasteiger partial charge is 0.489 e. The van der Waals surface area contributed by atoms with Crippen molar-refractivity contribution >= 4 is 27.3 Å². The lowest BCUT2D eigenvalue weighted by Crippen LogP contribution is -2.32. The summed E-state index contributed by atoms with van der Waals surface area (Å²) in [6.45, 7) is 6.54. The molecule has 0 radical (unpaired) electrons. The zero-order valence-corrected chi connectivity index (χ0v) is 22.3. The van der Waals surface area contributed by atoms with E-state index < -0.39 is 0 Å². The summed E-state index contributed by atoms with van der Waals surface area (Å²) in [5.74, 6) is 7.17. The number of thiophene rings is 1. The van der Waals surface area contributed by atoms with E-state index in [0.29, 0.717) is 6.61 Å². The Labute approximate surface area is 222 Å². The fourth-order valence-electron chi connectivity index (χ4n) is 4.91. The smallest absolute Gasteiger partial charge is 0.219 e. The average Bonchev–Trinajstić information content (AvgIpc) is 3.29. The molecule has 188 valence electrons. The lowest BCUT2D eigenvalue weighted by atomic mass is 9.89. The van der Waals surface area contributed by atoms with Gasteiger partial charge in [0.1, 0.15) is 23.7 Å². The van der Waals surface area contributed by atoms with Crippen LogP contribution in [0.1, 0.15) is 56.2 Å². The fourth-order valence-corrected chi connectivity index (χ4v) is 5.85. The molecule has 0 saturated heterocycles. The molecule has 3 aromatic carbocycles. The van der Waals surface area contributed by atoms with E-state index in [-0.39, 0.29) is 23.8 Å². The lowest BCUT2D eigenvalue weighted by molar-refractivity contribution is -0.118. The Bertz CT molecular complexity index is 1500. The maximum Gasteiger partial charge on any atom is 0.219 e. The highest BCUT2D eigenvalue weighted by molar-refractivity contribution is 7.17. The summed E-state index contributed by atoms with van der Waals surface area (Å²) in [5, 5.41) is 3.50. The van der Waals surface area contributed by atoms with E-state index in [4.69, 9.17) is 15.2 Å². The Kier molecular flexibility index (Phi) is 6.95. The first-order valence-corrected chi connectivity index (χ1v) is 13.5. The van der Waals surface area contributed by atoms with Crippen molar-refractivity contribution in [3.05, 3.63) is 82.7 Å². The molecule has 4 aromatic rings. The Balaban J connectivity index is 1.35. The normalized spacial score (nSPS) is 14.7. The summed E-state index contributed by atoms with van der Waals surface area (Å²) < 4.78 is 13.7. The zero-order valence-electron chi connectivity index (χ0n) is 21.5. The van der Waals surface area contributed by atoms with Crippen LogP contribution in [-0.4, -0.2) is 11.5 Å². The minimum atomic E-state index is -0.358. The molecule has 1 atom stereocenters. The van der Waals surface area contributed by atoms with Gasteiger partial charge in [-0.1, -0.05) is 36.3 Å². The van der Waals surface area contributed by atoms with Gasteiger partial charge in [0.05, 0.1) is 5.92 Å². The Morgan fingerprint density at radius 3 is 2.70 bits per heavy atom. The molecule has 2 N–H and O–H groups in total. The third-order valence-electron chi connectivity index (χ3n) is 6.84. The van der Waals surface area contributed by atoms with Crippen LogP contribution in [0.4, 0.5) is 0 Å². The van der Waals surface area contributed by atoms with Crippen LogP contribution < -0.4 is 15.2 Å². The predicted molar refractivity (Wildman–Crippen MR) is 151 cm³/mol. The third-order valence-corrected chi connectivity index (χ3v) is 7.80. The van der Waals surface area contributed by atoms with Gasteiger partial charge in [-0.25, -0.2) is 0 Å². The molecule has 5 heteroatoms. The van der Waals surface area contributed by atoms with Gasteiger partial charge < -0.3 is 15.2 Å². The molecule has 2 heterocycles. The van der Waals surface area contributed by atoms with Crippen molar-refractivity contribution in [3.8, 4) is 34.5 Å². The van der Waals surface area contributed by atoms with Gasteiger partial charge in [-0.15, -0.1) is 17.3 Å². The maximum absolute atomic E-state index is 11.4. The van der Waals surface area contributed by atoms with E-state index in [9.17, 15) is 4.79 Å². The first kappa shape index (κ1) is 24.9. The quantitative estimate of drug-likeness (QED) is 0.267. The predicted octanol–water partition coefficient (Wildman–Crippen LogP) is 7.23. The minimum Gasteiger partial charge on any atom is -0.489 e. The molecule has 0 saturated carbocycles. The number of carbonyl (C=O) groups is 1. The van der Waals surface area contributed by atoms with E-state index in [1.807, 2.05) is 24.3 Å². The standard InChI is InChI=1S/C32H31NO3S/c1-4-6-23(18-31(33)34)22-10-12-24(13-11-22)35-19-21-9-14-30-27(17-21)28(20-37-30)25-7-5-8-29-26(25)15-16-32(2,3)36-29/h5,7-14,17,20,23H,15-16,18-19H2,1-3H3,(H2,33,34)/t23-/m0/s1. The number of ether oxygens (including phenoxy) is 2. The minimum absolute atomic E-state index is 0.128. The number of hydrogen-bond acceptors (Lipinski definition) is 4. The molecule has 0 aliphatic carbocycles. The number of carbonyl (C=O) groups excluding carboxylic acids is 1. The number of hydrogen-bond donors (Lipinski definition) is 1. The summed E-state index contributed by atoms with van der Waals surface area (Å²) >= 11 is 1.77. The van der Waals surface area contributed by atoms with E-state index in [0.717, 1.165) is 35.5 Å². The van der Waals surface area contributed by atoms with E-state index in [2.05, 4.69) is 67.5 Å². The van der Waals surface area contributed by atoms with Gasteiger partial charge in [0.15, 0.2) is 0 Å². The molecule has 0 fully saturated rings. The van der Waals surface area contributed by atoms with Crippen molar-refractivity contribution in [3.63, 3.8) is 0 Å². The molecule has 1 aromatic heterocycles. The number of rotatable bonds is 7. The zero-order chi connectivity index (χ0) is 26.0. The van der Waals surface area contributed by atoms with Gasteiger partial charge >= 0.3 is 0 Å². The van der Waals surface area contributed by atoms with Crippen LogP contribution in [0.15, 0.2) is 66.0 Å². The summed E-state index contributed by atoms with van der Waals surface area (Å²) in [6.07, 6.45) is 2.22. The highest BCUT2D eigenvalue weighted by atomic mass is 32.1. The average molecular weight is 510 g/mol. The number of nitrogens with two attached hydrogens (primary N) is 1. The van der Waals surface area contributed by atoms with E-state index >= 15 is 0 Å². The molecule has 4 nitrogen and oxygen atoms in total. The van der Waals surface area contributed by atoms with Crippen molar-refractivity contribution in [2.45, 2.75) is 58.2 Å². The molecular weight excluding hydrogens is 478 g/mol. The number of fused-ring (bicyclic) bond motifs is 2. The molecule has 37 heavy (non-hydrogen) atoms. The van der Waals surface area contributed by atoms with Crippen molar-refractivity contribution in [2.24, 2.45) is 5.73 Å².